The first kappa shape index (κ1) is 14.6. The monoisotopic (exact) mass is 273 g/mol. The number of ether oxygens (including phenoxy) is 1. The second-order valence-electron chi connectivity index (χ2n) is 5.04. The molecule has 1 aromatic heterocycles. The zero-order chi connectivity index (χ0) is 14.4. The molecule has 1 unspecified atom stereocenters. The Balaban J connectivity index is 1.88. The van der Waals surface area contributed by atoms with E-state index in [-0.39, 0.29) is 0 Å². The van der Waals surface area contributed by atoms with E-state index in [4.69, 9.17) is 4.74 Å². The van der Waals surface area contributed by atoms with Gasteiger partial charge >= 0.3 is 0 Å². The summed E-state index contributed by atoms with van der Waals surface area (Å²) in [6.07, 6.45) is 2.90. The third-order valence-electron chi connectivity index (χ3n) is 3.39. The van der Waals surface area contributed by atoms with Crippen LogP contribution in [0.15, 0.2) is 30.5 Å². The lowest BCUT2D eigenvalue weighted by molar-refractivity contribution is 0.317. The Bertz CT molecular complexity index is 519. The van der Waals surface area contributed by atoms with Crippen molar-refractivity contribution in [1.29, 1.82) is 0 Å². The van der Waals surface area contributed by atoms with Gasteiger partial charge in [0.2, 0.25) is 0 Å². The first-order valence-corrected chi connectivity index (χ1v) is 7.15. The molecule has 2 aromatic rings. The van der Waals surface area contributed by atoms with Gasteiger partial charge in [0.1, 0.15) is 5.75 Å². The highest BCUT2D eigenvalue weighted by Gasteiger charge is 2.07. The summed E-state index contributed by atoms with van der Waals surface area (Å²) in [6.45, 7) is 7.90. The van der Waals surface area contributed by atoms with Gasteiger partial charge in [-0.15, -0.1) is 0 Å². The average molecular weight is 273 g/mol. The fraction of sp³-hybridized carbons (Fsp3) is 0.438. The van der Waals surface area contributed by atoms with Crippen molar-refractivity contribution in [3.05, 3.63) is 47.3 Å². The third-order valence-corrected chi connectivity index (χ3v) is 3.39. The standard InChI is InChI=1S/C16H23N3O/c1-4-9-20-16-7-5-14(6-8-16)12(2)17-10-15-11-18-19-13(15)3/h5-8,11-12,17H,4,9-10H2,1-3H3,(H,18,19). The average Bonchev–Trinajstić information content (AvgIpc) is 2.88. The van der Waals surface area contributed by atoms with E-state index in [1.165, 1.54) is 11.1 Å². The lowest BCUT2D eigenvalue weighted by Crippen LogP contribution is -2.18. The van der Waals surface area contributed by atoms with E-state index in [1.54, 1.807) is 0 Å². The van der Waals surface area contributed by atoms with Gasteiger partial charge in [0.25, 0.3) is 0 Å². The van der Waals surface area contributed by atoms with Gasteiger partial charge in [0.05, 0.1) is 12.8 Å². The van der Waals surface area contributed by atoms with Crippen molar-refractivity contribution in [2.24, 2.45) is 0 Å². The van der Waals surface area contributed by atoms with Crippen LogP contribution >= 0.6 is 0 Å². The summed E-state index contributed by atoms with van der Waals surface area (Å²) in [5, 5.41) is 10.5. The summed E-state index contributed by atoms with van der Waals surface area (Å²) in [7, 11) is 0. The van der Waals surface area contributed by atoms with Gasteiger partial charge in [0, 0.05) is 23.8 Å². The Morgan fingerprint density at radius 3 is 2.65 bits per heavy atom. The molecule has 4 nitrogen and oxygen atoms in total. The lowest BCUT2D eigenvalue weighted by Gasteiger charge is -2.14. The number of hydrogen-bond donors (Lipinski definition) is 2. The van der Waals surface area contributed by atoms with E-state index in [0.29, 0.717) is 6.04 Å². The number of nitrogens with zero attached hydrogens (tertiary/aromatic N) is 1. The molecule has 0 fully saturated rings. The minimum absolute atomic E-state index is 0.296. The maximum atomic E-state index is 5.59. The summed E-state index contributed by atoms with van der Waals surface area (Å²) in [5.41, 5.74) is 3.59. The first-order chi connectivity index (χ1) is 9.70. The molecule has 0 saturated carbocycles. The van der Waals surface area contributed by atoms with Crippen LogP contribution in [0.4, 0.5) is 0 Å². The molecule has 108 valence electrons. The van der Waals surface area contributed by atoms with Crippen molar-refractivity contribution >= 4 is 0 Å². The molecule has 4 heteroatoms. The topological polar surface area (TPSA) is 49.9 Å². The molecule has 2 N–H and O–H groups in total. The van der Waals surface area contributed by atoms with Crippen LogP contribution in [0.25, 0.3) is 0 Å². The predicted octanol–water partition coefficient (Wildman–Crippen LogP) is 3.36. The highest BCUT2D eigenvalue weighted by molar-refractivity contribution is 5.29. The summed E-state index contributed by atoms with van der Waals surface area (Å²) in [6, 6.07) is 8.60. The van der Waals surface area contributed by atoms with Gasteiger partial charge in [-0.05, 0) is 38.0 Å². The fourth-order valence-electron chi connectivity index (χ4n) is 2.01. The molecule has 1 aromatic carbocycles. The van der Waals surface area contributed by atoms with Crippen LogP contribution in [0.2, 0.25) is 0 Å². The number of hydrogen-bond acceptors (Lipinski definition) is 3. The molecule has 0 saturated heterocycles. The van der Waals surface area contributed by atoms with Crippen LogP contribution in [-0.2, 0) is 6.54 Å². The van der Waals surface area contributed by atoms with Gasteiger partial charge in [0.15, 0.2) is 0 Å². The van der Waals surface area contributed by atoms with Gasteiger partial charge in [-0.3, -0.25) is 5.10 Å². The Morgan fingerprint density at radius 1 is 1.30 bits per heavy atom. The molecule has 2 rings (SSSR count). The van der Waals surface area contributed by atoms with E-state index < -0.39 is 0 Å². The van der Waals surface area contributed by atoms with Crippen molar-refractivity contribution < 1.29 is 4.74 Å². The number of nitrogens with one attached hydrogen (secondary N) is 2. The van der Waals surface area contributed by atoms with Crippen LogP contribution in [0.5, 0.6) is 5.75 Å². The summed E-state index contributed by atoms with van der Waals surface area (Å²) in [4.78, 5) is 0. The number of H-pyrrole nitrogens is 1. The minimum atomic E-state index is 0.296. The van der Waals surface area contributed by atoms with Crippen molar-refractivity contribution in [3.8, 4) is 5.75 Å². The van der Waals surface area contributed by atoms with Crippen molar-refractivity contribution in [3.63, 3.8) is 0 Å². The molecule has 0 aliphatic heterocycles. The molecular weight excluding hydrogens is 250 g/mol. The fourth-order valence-corrected chi connectivity index (χ4v) is 2.01. The molecule has 1 atom stereocenters. The Morgan fingerprint density at radius 2 is 2.05 bits per heavy atom. The van der Waals surface area contributed by atoms with Crippen LogP contribution in [0.3, 0.4) is 0 Å². The van der Waals surface area contributed by atoms with Gasteiger partial charge in [-0.1, -0.05) is 19.1 Å². The van der Waals surface area contributed by atoms with E-state index >= 15 is 0 Å². The molecule has 0 spiro atoms. The molecule has 0 bridgehead atoms. The number of aryl methyl sites for hydroxylation is 1. The normalized spacial score (nSPS) is 12.3. The lowest BCUT2D eigenvalue weighted by atomic mass is 10.1. The molecule has 0 aliphatic rings. The molecule has 0 amide bonds. The Kier molecular flexibility index (Phi) is 5.18. The van der Waals surface area contributed by atoms with Gasteiger partial charge < -0.3 is 10.1 Å². The number of aromatic nitrogens is 2. The number of benzene rings is 1. The first-order valence-electron chi connectivity index (χ1n) is 7.15. The van der Waals surface area contributed by atoms with E-state index in [0.717, 1.165) is 31.0 Å². The van der Waals surface area contributed by atoms with Crippen molar-refractivity contribution in [1.82, 2.24) is 15.5 Å². The van der Waals surface area contributed by atoms with Crippen LogP contribution in [0.1, 0.15) is 43.1 Å². The zero-order valence-corrected chi connectivity index (χ0v) is 12.4. The molecule has 20 heavy (non-hydrogen) atoms. The maximum Gasteiger partial charge on any atom is 0.119 e. The van der Waals surface area contributed by atoms with Crippen molar-refractivity contribution in [2.75, 3.05) is 6.61 Å². The largest absolute Gasteiger partial charge is 0.494 e. The van der Waals surface area contributed by atoms with E-state index in [2.05, 4.69) is 41.5 Å². The van der Waals surface area contributed by atoms with E-state index in [9.17, 15) is 0 Å². The quantitative estimate of drug-likeness (QED) is 0.813. The van der Waals surface area contributed by atoms with Crippen LogP contribution in [0, 0.1) is 6.92 Å². The summed E-state index contributed by atoms with van der Waals surface area (Å²) >= 11 is 0. The summed E-state index contributed by atoms with van der Waals surface area (Å²) < 4.78 is 5.59. The Hall–Kier alpha value is -1.81. The van der Waals surface area contributed by atoms with E-state index in [1.807, 2.05) is 25.3 Å². The SMILES string of the molecule is CCCOc1ccc(C(C)NCc2cn[nH]c2C)cc1. The van der Waals surface area contributed by atoms with Crippen LogP contribution < -0.4 is 10.1 Å². The van der Waals surface area contributed by atoms with Crippen molar-refractivity contribution in [2.45, 2.75) is 39.8 Å². The van der Waals surface area contributed by atoms with Crippen LogP contribution in [-0.4, -0.2) is 16.8 Å². The highest BCUT2D eigenvalue weighted by atomic mass is 16.5. The molecule has 0 aliphatic carbocycles. The summed E-state index contributed by atoms with van der Waals surface area (Å²) in [5.74, 6) is 0.938. The number of rotatable bonds is 7. The zero-order valence-electron chi connectivity index (χ0n) is 12.4. The molecule has 0 radical (unpaired) electrons. The third kappa shape index (κ3) is 3.84. The predicted molar refractivity (Wildman–Crippen MR) is 80.8 cm³/mol. The minimum Gasteiger partial charge on any atom is -0.494 e. The Labute approximate surface area is 120 Å². The molecular formula is C16H23N3O. The van der Waals surface area contributed by atoms with Gasteiger partial charge in [-0.2, -0.15) is 5.10 Å². The second-order valence-corrected chi connectivity index (χ2v) is 5.04. The molecule has 1 heterocycles. The second kappa shape index (κ2) is 7.10. The number of aromatic amines is 1. The maximum absolute atomic E-state index is 5.59. The van der Waals surface area contributed by atoms with Gasteiger partial charge in [-0.25, -0.2) is 0 Å². The smallest absolute Gasteiger partial charge is 0.119 e. The highest BCUT2D eigenvalue weighted by Crippen LogP contribution is 2.18.